The second-order valence-corrected chi connectivity index (χ2v) is 7.78. The van der Waals surface area contributed by atoms with Crippen molar-refractivity contribution < 1.29 is 14.3 Å². The summed E-state index contributed by atoms with van der Waals surface area (Å²) in [5.74, 6) is 0.848. The van der Waals surface area contributed by atoms with E-state index < -0.39 is 0 Å². The van der Waals surface area contributed by atoms with Gasteiger partial charge in [-0.2, -0.15) is 0 Å². The minimum Gasteiger partial charge on any atom is -0.497 e. The second-order valence-electron chi connectivity index (χ2n) is 6.79. The van der Waals surface area contributed by atoms with E-state index in [1.807, 2.05) is 12.1 Å². The maximum Gasteiger partial charge on any atom is 0.268 e. The molecule has 0 radical (unpaired) electrons. The highest BCUT2D eigenvalue weighted by Gasteiger charge is 2.20. The summed E-state index contributed by atoms with van der Waals surface area (Å²) in [7, 11) is 3.11. The zero-order valence-electron chi connectivity index (χ0n) is 16.6. The Morgan fingerprint density at radius 3 is 2.62 bits per heavy atom. The van der Waals surface area contributed by atoms with Gasteiger partial charge in [0.05, 0.1) is 31.1 Å². The third-order valence-corrected chi connectivity index (χ3v) is 6.19. The van der Waals surface area contributed by atoms with Crippen LogP contribution in [0.4, 0.5) is 11.4 Å². The molecule has 0 bridgehead atoms. The lowest BCUT2D eigenvalue weighted by atomic mass is 10.0. The van der Waals surface area contributed by atoms with E-state index in [0.717, 1.165) is 26.7 Å². The maximum absolute atomic E-state index is 12.9. The Labute approximate surface area is 172 Å². The Morgan fingerprint density at radius 2 is 1.90 bits per heavy atom. The molecule has 7 heteroatoms. The van der Waals surface area contributed by atoms with Crippen LogP contribution in [0, 0.1) is 13.8 Å². The van der Waals surface area contributed by atoms with Gasteiger partial charge in [0.1, 0.15) is 21.2 Å². The second kappa shape index (κ2) is 7.25. The van der Waals surface area contributed by atoms with Gasteiger partial charge in [-0.3, -0.25) is 4.79 Å². The van der Waals surface area contributed by atoms with Crippen molar-refractivity contribution >= 4 is 49.7 Å². The number of anilines is 2. The van der Waals surface area contributed by atoms with E-state index in [1.54, 1.807) is 25.3 Å². The summed E-state index contributed by atoms with van der Waals surface area (Å²) in [5, 5.41) is 4.67. The van der Waals surface area contributed by atoms with Crippen molar-refractivity contribution in [1.29, 1.82) is 0 Å². The minimum atomic E-state index is -0.300. The summed E-state index contributed by atoms with van der Waals surface area (Å²) >= 11 is 1.29. The van der Waals surface area contributed by atoms with Gasteiger partial charge in [-0.15, -0.1) is 11.3 Å². The molecule has 0 saturated heterocycles. The molecule has 2 aromatic carbocycles. The molecule has 0 aliphatic heterocycles. The van der Waals surface area contributed by atoms with Crippen molar-refractivity contribution in [2.24, 2.45) is 0 Å². The molecule has 148 valence electrons. The number of ether oxygens (including phenoxy) is 2. The van der Waals surface area contributed by atoms with Crippen LogP contribution in [0.2, 0.25) is 0 Å². The van der Waals surface area contributed by atoms with Gasteiger partial charge < -0.3 is 20.5 Å². The molecule has 4 rings (SSSR count). The standard InChI is InChI=1S/C22H21N3O3S/c1-11-5-6-13-9-15-18(23)20(29-22(15)25-19(13)12(11)2)21(26)24-16-8-7-14(27-3)10-17(16)28-4/h5-10H,23H2,1-4H3,(H,24,26). The van der Waals surface area contributed by atoms with Gasteiger partial charge in [-0.25, -0.2) is 4.98 Å². The lowest BCUT2D eigenvalue weighted by molar-refractivity contribution is 0.103. The number of amides is 1. The number of aromatic nitrogens is 1. The molecule has 6 nitrogen and oxygen atoms in total. The number of carbonyl (C=O) groups is 1. The Balaban J connectivity index is 1.76. The number of pyridine rings is 1. The summed E-state index contributed by atoms with van der Waals surface area (Å²) in [5.41, 5.74) is 10.5. The van der Waals surface area contributed by atoms with E-state index >= 15 is 0 Å². The zero-order chi connectivity index (χ0) is 20.7. The average molecular weight is 407 g/mol. The minimum absolute atomic E-state index is 0.300. The van der Waals surface area contributed by atoms with E-state index in [2.05, 4.69) is 25.2 Å². The maximum atomic E-state index is 12.9. The highest BCUT2D eigenvalue weighted by Crippen LogP contribution is 2.37. The Morgan fingerprint density at radius 1 is 1.10 bits per heavy atom. The molecule has 2 heterocycles. The molecular weight excluding hydrogens is 386 g/mol. The molecule has 1 amide bonds. The lowest BCUT2D eigenvalue weighted by Gasteiger charge is -2.11. The number of nitrogens with one attached hydrogen (secondary N) is 1. The molecule has 3 N–H and O–H groups in total. The smallest absolute Gasteiger partial charge is 0.268 e. The van der Waals surface area contributed by atoms with Crippen molar-refractivity contribution in [3.05, 3.63) is 52.4 Å². The van der Waals surface area contributed by atoms with Crippen molar-refractivity contribution in [2.45, 2.75) is 13.8 Å². The summed E-state index contributed by atoms with van der Waals surface area (Å²) in [4.78, 5) is 18.9. The topological polar surface area (TPSA) is 86.5 Å². The number of hydrogen-bond donors (Lipinski definition) is 2. The largest absolute Gasteiger partial charge is 0.497 e. The van der Waals surface area contributed by atoms with E-state index in [0.29, 0.717) is 27.8 Å². The fourth-order valence-corrected chi connectivity index (χ4v) is 4.23. The first-order valence-electron chi connectivity index (χ1n) is 9.05. The molecule has 29 heavy (non-hydrogen) atoms. The number of carbonyl (C=O) groups excluding carboxylic acids is 1. The van der Waals surface area contributed by atoms with E-state index in [9.17, 15) is 4.79 Å². The Kier molecular flexibility index (Phi) is 4.76. The van der Waals surface area contributed by atoms with Crippen LogP contribution >= 0.6 is 11.3 Å². The number of nitrogen functional groups attached to an aromatic ring is 1. The lowest BCUT2D eigenvalue weighted by Crippen LogP contribution is -2.12. The van der Waals surface area contributed by atoms with Crippen LogP contribution in [0.25, 0.3) is 21.1 Å². The first kappa shape index (κ1) is 19.0. The van der Waals surface area contributed by atoms with Gasteiger partial charge in [-0.05, 0) is 43.2 Å². The SMILES string of the molecule is COc1ccc(NC(=O)c2sc3nc4c(C)c(C)ccc4cc3c2N)c(OC)c1. The average Bonchev–Trinajstić information content (AvgIpc) is 3.06. The number of aryl methyl sites for hydroxylation is 2. The van der Waals surface area contributed by atoms with Gasteiger partial charge in [0.15, 0.2) is 0 Å². The van der Waals surface area contributed by atoms with Gasteiger partial charge in [0.25, 0.3) is 5.91 Å². The fourth-order valence-electron chi connectivity index (χ4n) is 3.26. The summed E-state index contributed by atoms with van der Waals surface area (Å²) in [6, 6.07) is 11.3. The highest BCUT2D eigenvalue weighted by molar-refractivity contribution is 7.21. The van der Waals surface area contributed by atoms with Crippen LogP contribution in [0.5, 0.6) is 11.5 Å². The van der Waals surface area contributed by atoms with Crippen molar-refractivity contribution in [1.82, 2.24) is 4.98 Å². The molecular formula is C22H21N3O3S. The highest BCUT2D eigenvalue weighted by atomic mass is 32.1. The number of benzene rings is 2. The Bertz CT molecular complexity index is 1260. The van der Waals surface area contributed by atoms with E-state index in [1.165, 1.54) is 24.0 Å². The number of nitrogens with two attached hydrogens (primary N) is 1. The number of methoxy groups -OCH3 is 2. The molecule has 0 aliphatic carbocycles. The third kappa shape index (κ3) is 3.23. The first-order chi connectivity index (χ1) is 13.9. The molecule has 0 aliphatic rings. The van der Waals surface area contributed by atoms with Gasteiger partial charge in [0.2, 0.25) is 0 Å². The quantitative estimate of drug-likeness (QED) is 0.501. The van der Waals surface area contributed by atoms with Crippen molar-refractivity contribution in [3.63, 3.8) is 0 Å². The van der Waals surface area contributed by atoms with Crippen LogP contribution in [-0.2, 0) is 0 Å². The predicted octanol–water partition coefficient (Wildman–Crippen LogP) is 4.92. The molecule has 0 atom stereocenters. The van der Waals surface area contributed by atoms with Crippen LogP contribution < -0.4 is 20.5 Å². The first-order valence-corrected chi connectivity index (χ1v) is 9.87. The van der Waals surface area contributed by atoms with Crippen LogP contribution in [0.3, 0.4) is 0 Å². The van der Waals surface area contributed by atoms with Gasteiger partial charge in [-0.1, -0.05) is 12.1 Å². The van der Waals surface area contributed by atoms with Crippen LogP contribution in [-0.4, -0.2) is 25.1 Å². The normalized spacial score (nSPS) is 11.0. The Hall–Kier alpha value is -3.32. The van der Waals surface area contributed by atoms with Crippen molar-refractivity contribution in [2.75, 3.05) is 25.3 Å². The van der Waals surface area contributed by atoms with E-state index in [4.69, 9.17) is 20.2 Å². The van der Waals surface area contributed by atoms with Gasteiger partial charge >= 0.3 is 0 Å². The molecule has 0 fully saturated rings. The molecule has 4 aromatic rings. The van der Waals surface area contributed by atoms with Crippen LogP contribution in [0.1, 0.15) is 20.8 Å². The summed E-state index contributed by atoms with van der Waals surface area (Å²) < 4.78 is 10.6. The molecule has 0 saturated carbocycles. The number of hydrogen-bond acceptors (Lipinski definition) is 6. The third-order valence-electron chi connectivity index (χ3n) is 5.07. The summed E-state index contributed by atoms with van der Waals surface area (Å²) in [6.07, 6.45) is 0. The predicted molar refractivity (Wildman–Crippen MR) is 119 cm³/mol. The fraction of sp³-hybridized carbons (Fsp3) is 0.182. The zero-order valence-corrected chi connectivity index (χ0v) is 17.4. The number of nitrogens with zero attached hydrogens (tertiary/aromatic N) is 1. The van der Waals surface area contributed by atoms with Gasteiger partial charge in [0, 0.05) is 16.8 Å². The molecule has 0 unspecified atom stereocenters. The summed E-state index contributed by atoms with van der Waals surface area (Å²) in [6.45, 7) is 4.11. The van der Waals surface area contributed by atoms with E-state index in [-0.39, 0.29) is 5.91 Å². The van der Waals surface area contributed by atoms with Crippen molar-refractivity contribution in [3.8, 4) is 11.5 Å². The monoisotopic (exact) mass is 407 g/mol. The molecule has 0 spiro atoms. The molecule has 2 aromatic heterocycles. The van der Waals surface area contributed by atoms with Crippen LogP contribution in [0.15, 0.2) is 36.4 Å². The number of thiophene rings is 1. The number of fused-ring (bicyclic) bond motifs is 2. The number of rotatable bonds is 4.